The lowest BCUT2D eigenvalue weighted by molar-refractivity contribution is -0.123. The van der Waals surface area contributed by atoms with Crippen molar-refractivity contribution in [3.63, 3.8) is 0 Å². The van der Waals surface area contributed by atoms with Crippen molar-refractivity contribution in [3.8, 4) is 0 Å². The van der Waals surface area contributed by atoms with Gasteiger partial charge in [-0.15, -0.1) is 0 Å². The first-order valence-electron chi connectivity index (χ1n) is 7.24. The maximum Gasteiger partial charge on any atom is 0.236 e. The molecule has 0 radical (unpaired) electrons. The first-order valence-corrected chi connectivity index (χ1v) is 7.24. The van der Waals surface area contributed by atoms with Crippen molar-refractivity contribution in [1.82, 2.24) is 10.6 Å². The summed E-state index contributed by atoms with van der Waals surface area (Å²) < 4.78 is 0. The highest BCUT2D eigenvalue weighted by Crippen LogP contribution is 2.33. The second-order valence-electron chi connectivity index (χ2n) is 5.57. The smallest absolute Gasteiger partial charge is 0.236 e. The third kappa shape index (κ3) is 4.58. The lowest BCUT2D eigenvalue weighted by Crippen LogP contribution is -2.50. The maximum absolute atomic E-state index is 11.6. The van der Waals surface area contributed by atoms with Gasteiger partial charge in [-0.25, -0.2) is 0 Å². The largest absolute Gasteiger partial charge is 0.389 e. The van der Waals surface area contributed by atoms with E-state index in [1.807, 2.05) is 13.8 Å². The quantitative estimate of drug-likeness (QED) is 0.674. The third-order valence-corrected chi connectivity index (χ3v) is 4.09. The van der Waals surface area contributed by atoms with Crippen LogP contribution in [0.25, 0.3) is 0 Å². The van der Waals surface area contributed by atoms with Crippen molar-refractivity contribution >= 4 is 5.91 Å². The molecule has 4 nitrogen and oxygen atoms in total. The van der Waals surface area contributed by atoms with Gasteiger partial charge < -0.3 is 15.7 Å². The fourth-order valence-corrected chi connectivity index (χ4v) is 2.56. The van der Waals surface area contributed by atoms with Gasteiger partial charge in [-0.1, -0.05) is 13.3 Å². The molecule has 0 saturated heterocycles. The average molecular weight is 256 g/mol. The molecule has 1 aliphatic carbocycles. The van der Waals surface area contributed by atoms with Gasteiger partial charge in [0, 0.05) is 13.1 Å². The van der Waals surface area contributed by atoms with E-state index in [-0.39, 0.29) is 11.9 Å². The Hall–Kier alpha value is -0.610. The van der Waals surface area contributed by atoms with E-state index >= 15 is 0 Å². The van der Waals surface area contributed by atoms with E-state index in [4.69, 9.17) is 0 Å². The molecule has 0 bridgehead atoms. The molecule has 0 spiro atoms. The van der Waals surface area contributed by atoms with Crippen LogP contribution < -0.4 is 10.6 Å². The fourth-order valence-electron chi connectivity index (χ4n) is 2.56. The zero-order valence-electron chi connectivity index (χ0n) is 12.0. The fraction of sp³-hybridized carbons (Fsp3) is 0.929. The van der Waals surface area contributed by atoms with Gasteiger partial charge in [0.25, 0.3) is 0 Å². The molecule has 1 rings (SSSR count). The number of aliphatic hydroxyl groups is 1. The van der Waals surface area contributed by atoms with Gasteiger partial charge in [0.05, 0.1) is 11.6 Å². The Labute approximate surface area is 111 Å². The molecular weight excluding hydrogens is 228 g/mol. The van der Waals surface area contributed by atoms with Crippen molar-refractivity contribution in [2.45, 2.75) is 64.5 Å². The molecule has 106 valence electrons. The number of amides is 1. The molecule has 1 aliphatic rings. The van der Waals surface area contributed by atoms with Gasteiger partial charge in [-0.2, -0.15) is 0 Å². The normalized spacial score (nSPS) is 29.9. The number of hydrogen-bond acceptors (Lipinski definition) is 3. The molecule has 1 atom stereocenters. The van der Waals surface area contributed by atoms with E-state index in [2.05, 4.69) is 17.6 Å². The van der Waals surface area contributed by atoms with Gasteiger partial charge in [0.2, 0.25) is 5.91 Å². The highest BCUT2D eigenvalue weighted by molar-refractivity contribution is 5.81. The molecule has 4 heteroatoms. The monoisotopic (exact) mass is 256 g/mol. The Morgan fingerprint density at radius 1 is 1.39 bits per heavy atom. The van der Waals surface area contributed by atoms with Gasteiger partial charge in [-0.05, 0) is 45.4 Å². The second-order valence-corrected chi connectivity index (χ2v) is 5.57. The number of carbonyl (C=O) groups is 1. The molecule has 1 fully saturated rings. The van der Waals surface area contributed by atoms with E-state index in [0.717, 1.165) is 31.6 Å². The molecule has 1 saturated carbocycles. The first-order chi connectivity index (χ1) is 8.50. The molecule has 0 aromatic carbocycles. The van der Waals surface area contributed by atoms with Crippen LogP contribution in [0.5, 0.6) is 0 Å². The Kier molecular flexibility index (Phi) is 6.09. The van der Waals surface area contributed by atoms with Crippen LogP contribution in [0.1, 0.15) is 52.9 Å². The maximum atomic E-state index is 11.6. The minimum Gasteiger partial charge on any atom is -0.389 e. The Balaban J connectivity index is 2.32. The van der Waals surface area contributed by atoms with E-state index in [0.29, 0.717) is 13.1 Å². The van der Waals surface area contributed by atoms with Gasteiger partial charge >= 0.3 is 0 Å². The summed E-state index contributed by atoms with van der Waals surface area (Å²) in [5, 5.41) is 16.4. The van der Waals surface area contributed by atoms with Crippen LogP contribution in [0.4, 0.5) is 0 Å². The molecule has 0 heterocycles. The van der Waals surface area contributed by atoms with Crippen LogP contribution >= 0.6 is 0 Å². The van der Waals surface area contributed by atoms with E-state index in [9.17, 15) is 9.90 Å². The number of nitrogens with one attached hydrogen (secondary N) is 2. The summed E-state index contributed by atoms with van der Waals surface area (Å²) in [7, 11) is 0. The van der Waals surface area contributed by atoms with Crippen molar-refractivity contribution in [2.75, 3.05) is 13.1 Å². The van der Waals surface area contributed by atoms with E-state index < -0.39 is 5.60 Å². The highest BCUT2D eigenvalue weighted by Gasteiger charge is 2.32. The minimum atomic E-state index is -0.619. The van der Waals surface area contributed by atoms with Crippen LogP contribution in [-0.2, 0) is 4.79 Å². The molecule has 1 unspecified atom stereocenters. The topological polar surface area (TPSA) is 61.4 Å². The number of carbonyl (C=O) groups excluding carboxylic acids is 1. The van der Waals surface area contributed by atoms with Crippen molar-refractivity contribution in [1.29, 1.82) is 0 Å². The van der Waals surface area contributed by atoms with Crippen molar-refractivity contribution in [2.24, 2.45) is 5.92 Å². The van der Waals surface area contributed by atoms with E-state index in [1.54, 1.807) is 0 Å². The predicted octanol–water partition coefficient (Wildman–Crippen LogP) is 1.43. The summed E-state index contributed by atoms with van der Waals surface area (Å²) in [6.07, 6.45) is 5.11. The average Bonchev–Trinajstić information content (AvgIpc) is 2.37. The predicted molar refractivity (Wildman–Crippen MR) is 73.3 cm³/mol. The molecule has 0 aliphatic heterocycles. The van der Waals surface area contributed by atoms with Crippen molar-refractivity contribution in [3.05, 3.63) is 0 Å². The van der Waals surface area contributed by atoms with Crippen molar-refractivity contribution < 1.29 is 9.90 Å². The Morgan fingerprint density at radius 3 is 2.50 bits per heavy atom. The van der Waals surface area contributed by atoms with Crippen LogP contribution in [-0.4, -0.2) is 35.7 Å². The first kappa shape index (κ1) is 15.4. The third-order valence-electron chi connectivity index (χ3n) is 4.09. The summed E-state index contributed by atoms with van der Waals surface area (Å²) >= 11 is 0. The molecular formula is C14H28N2O2. The summed E-state index contributed by atoms with van der Waals surface area (Å²) in [5.74, 6) is 0.773. The van der Waals surface area contributed by atoms with Crippen LogP contribution in [0.3, 0.4) is 0 Å². The molecule has 18 heavy (non-hydrogen) atoms. The Morgan fingerprint density at radius 2 is 2.00 bits per heavy atom. The summed E-state index contributed by atoms with van der Waals surface area (Å²) in [5.41, 5.74) is -0.619. The Bertz CT molecular complexity index is 261. The van der Waals surface area contributed by atoms with Gasteiger partial charge in [0.1, 0.15) is 0 Å². The van der Waals surface area contributed by atoms with Crippen LogP contribution in [0.2, 0.25) is 0 Å². The lowest BCUT2D eigenvalue weighted by Gasteiger charge is -2.36. The van der Waals surface area contributed by atoms with Gasteiger partial charge in [0.15, 0.2) is 0 Å². The molecule has 0 aromatic heterocycles. The number of likely N-dealkylation sites (N-methyl/N-ethyl adjacent to an activating group) is 1. The summed E-state index contributed by atoms with van der Waals surface area (Å²) in [6.45, 7) is 7.12. The van der Waals surface area contributed by atoms with Crippen LogP contribution in [0.15, 0.2) is 0 Å². The van der Waals surface area contributed by atoms with Gasteiger partial charge in [-0.3, -0.25) is 4.79 Å². The highest BCUT2D eigenvalue weighted by atomic mass is 16.3. The zero-order valence-corrected chi connectivity index (χ0v) is 12.0. The molecule has 0 aromatic rings. The second kappa shape index (κ2) is 7.10. The molecule has 1 amide bonds. The lowest BCUT2D eigenvalue weighted by atomic mass is 9.78. The zero-order chi connectivity index (χ0) is 13.6. The van der Waals surface area contributed by atoms with Crippen LogP contribution in [0, 0.1) is 5.92 Å². The number of hydrogen-bond donors (Lipinski definition) is 3. The standard InChI is InChI=1S/C14H28N2O2/c1-4-12-6-8-14(18,9-7-12)10-16-11(3)13(17)15-5-2/h11-12,16,18H,4-10H2,1-3H3,(H,15,17). The van der Waals surface area contributed by atoms with E-state index in [1.165, 1.54) is 6.42 Å². The number of rotatable bonds is 6. The summed E-state index contributed by atoms with van der Waals surface area (Å²) in [6, 6.07) is -0.238. The molecule has 3 N–H and O–H groups in total. The minimum absolute atomic E-state index is 0.00310. The SMILES string of the molecule is CCNC(=O)C(C)NCC1(O)CCC(CC)CC1. The summed E-state index contributed by atoms with van der Waals surface area (Å²) in [4.78, 5) is 11.6.